The number of hydrogen-bond acceptors (Lipinski definition) is 4. The predicted molar refractivity (Wildman–Crippen MR) is 119 cm³/mol. The molecule has 156 valence electrons. The van der Waals surface area contributed by atoms with Crippen molar-refractivity contribution >= 4 is 34.0 Å². The molecule has 1 heterocycles. The first-order chi connectivity index (χ1) is 15.1. The van der Waals surface area contributed by atoms with Crippen molar-refractivity contribution in [2.24, 2.45) is 40.6 Å². The zero-order chi connectivity index (χ0) is 21.1. The van der Waals surface area contributed by atoms with Crippen LogP contribution in [-0.4, -0.2) is 23.0 Å². The number of nitrogens with zero attached hydrogens (tertiary/aromatic N) is 2. The highest BCUT2D eigenvalue weighted by Crippen LogP contribution is 2.65. The summed E-state index contributed by atoms with van der Waals surface area (Å²) in [5, 5.41) is 5.45. The van der Waals surface area contributed by atoms with Crippen molar-refractivity contribution in [2.45, 2.75) is 13.0 Å². The third kappa shape index (κ3) is 3.07. The average Bonchev–Trinajstić information content (AvgIpc) is 3.57. The standard InChI is InChI=1S/C25H21BrN2O3/c26-16-7-5-14(6-8-16)13-31-21-4-2-1-3-15(21)12-27-28-24(29)22-17-9-10-18(20-11-19(17)20)23(22)25(28)30/h1-10,12,17-20,22-23H,11,13H2/b27-12-/t17-,18-,19-,20+,22-,23+/m1/s1. The Labute approximate surface area is 188 Å². The highest BCUT2D eigenvalue weighted by atomic mass is 79.9. The van der Waals surface area contributed by atoms with Gasteiger partial charge in [0.15, 0.2) is 0 Å². The van der Waals surface area contributed by atoms with Gasteiger partial charge in [0.1, 0.15) is 12.4 Å². The molecule has 0 spiro atoms. The summed E-state index contributed by atoms with van der Waals surface area (Å²) >= 11 is 3.43. The maximum Gasteiger partial charge on any atom is 0.254 e. The summed E-state index contributed by atoms with van der Waals surface area (Å²) in [6, 6.07) is 15.5. The quantitative estimate of drug-likeness (QED) is 0.364. The van der Waals surface area contributed by atoms with E-state index in [9.17, 15) is 9.59 Å². The maximum atomic E-state index is 13.1. The molecule has 5 nitrogen and oxygen atoms in total. The second-order valence-corrected chi connectivity index (χ2v) is 9.76. The van der Waals surface area contributed by atoms with Crippen molar-refractivity contribution < 1.29 is 14.3 Å². The van der Waals surface area contributed by atoms with Crippen LogP contribution in [0.3, 0.4) is 0 Å². The number of hydrogen-bond donors (Lipinski definition) is 0. The molecule has 2 bridgehead atoms. The lowest BCUT2D eigenvalue weighted by Gasteiger charge is -2.37. The van der Waals surface area contributed by atoms with Crippen molar-refractivity contribution in [3.63, 3.8) is 0 Å². The number of amides is 2. The van der Waals surface area contributed by atoms with E-state index in [1.165, 1.54) is 0 Å². The maximum absolute atomic E-state index is 13.1. The molecule has 31 heavy (non-hydrogen) atoms. The first kappa shape index (κ1) is 19.0. The third-order valence-corrected chi connectivity index (χ3v) is 7.71. The van der Waals surface area contributed by atoms with Crippen LogP contribution >= 0.6 is 15.9 Å². The van der Waals surface area contributed by atoms with Crippen molar-refractivity contribution in [3.8, 4) is 5.75 Å². The molecule has 4 aliphatic carbocycles. The Hall–Kier alpha value is -2.73. The van der Waals surface area contributed by atoms with Gasteiger partial charge < -0.3 is 4.74 Å². The highest BCUT2D eigenvalue weighted by Gasteiger charge is 2.67. The molecular formula is C25H21BrN2O3. The van der Waals surface area contributed by atoms with Gasteiger partial charge in [0.05, 0.1) is 18.1 Å². The van der Waals surface area contributed by atoms with Crippen molar-refractivity contribution in [2.75, 3.05) is 0 Å². The molecule has 0 radical (unpaired) electrons. The zero-order valence-corrected chi connectivity index (χ0v) is 18.3. The average molecular weight is 477 g/mol. The van der Waals surface area contributed by atoms with E-state index in [1.807, 2.05) is 48.5 Å². The first-order valence-electron chi connectivity index (χ1n) is 10.7. The number of carbonyl (C=O) groups excluding carboxylic acids is 2. The molecule has 7 rings (SSSR count). The molecular weight excluding hydrogens is 456 g/mol. The fourth-order valence-corrected chi connectivity index (χ4v) is 5.90. The Balaban J connectivity index is 1.21. The molecule has 2 aromatic carbocycles. The van der Waals surface area contributed by atoms with Crippen molar-refractivity contribution in [1.82, 2.24) is 5.01 Å². The fourth-order valence-electron chi connectivity index (χ4n) is 5.64. The van der Waals surface area contributed by atoms with Crippen LogP contribution in [0.1, 0.15) is 17.5 Å². The largest absolute Gasteiger partial charge is 0.488 e. The summed E-state index contributed by atoms with van der Waals surface area (Å²) in [6.45, 7) is 0.418. The number of imide groups is 1. The summed E-state index contributed by atoms with van der Waals surface area (Å²) in [4.78, 5) is 26.1. The Morgan fingerprint density at radius 2 is 1.61 bits per heavy atom. The second kappa shape index (κ2) is 7.16. The Bertz CT molecular complexity index is 1090. The summed E-state index contributed by atoms with van der Waals surface area (Å²) in [6.07, 6.45) is 7.07. The van der Waals surface area contributed by atoms with E-state index in [2.05, 4.69) is 33.2 Å². The number of para-hydroxylation sites is 1. The number of ether oxygens (including phenoxy) is 1. The van der Waals surface area contributed by atoms with Gasteiger partial charge in [-0.25, -0.2) is 0 Å². The van der Waals surface area contributed by atoms with Gasteiger partial charge in [0, 0.05) is 10.0 Å². The minimum Gasteiger partial charge on any atom is -0.488 e. The van der Waals surface area contributed by atoms with Gasteiger partial charge in [-0.15, -0.1) is 0 Å². The van der Waals surface area contributed by atoms with E-state index < -0.39 is 0 Å². The Kier molecular flexibility index (Phi) is 4.39. The van der Waals surface area contributed by atoms with Crippen LogP contribution < -0.4 is 4.74 Å². The van der Waals surface area contributed by atoms with Crippen LogP contribution in [0.4, 0.5) is 0 Å². The molecule has 0 aromatic heterocycles. The highest BCUT2D eigenvalue weighted by molar-refractivity contribution is 9.10. The first-order valence-corrected chi connectivity index (χ1v) is 11.5. The van der Waals surface area contributed by atoms with Crippen molar-refractivity contribution in [3.05, 3.63) is 76.3 Å². The molecule has 0 N–H and O–H groups in total. The number of carbonyl (C=O) groups is 2. The number of allylic oxidation sites excluding steroid dienone is 2. The lowest BCUT2D eigenvalue weighted by atomic mass is 9.63. The van der Waals surface area contributed by atoms with Crippen molar-refractivity contribution in [1.29, 1.82) is 0 Å². The summed E-state index contributed by atoms with van der Waals surface area (Å²) < 4.78 is 7.00. The molecule has 2 aromatic rings. The summed E-state index contributed by atoms with van der Waals surface area (Å²) in [7, 11) is 0. The molecule has 2 amide bonds. The second-order valence-electron chi connectivity index (χ2n) is 8.84. The van der Waals surface area contributed by atoms with Gasteiger partial charge in [-0.1, -0.05) is 52.3 Å². The zero-order valence-electron chi connectivity index (χ0n) is 16.7. The van der Waals surface area contributed by atoms with E-state index in [-0.39, 0.29) is 35.5 Å². The minimum atomic E-state index is -0.229. The van der Waals surface area contributed by atoms with E-state index in [1.54, 1.807) is 6.21 Å². The lowest BCUT2D eigenvalue weighted by molar-refractivity contribution is -0.140. The van der Waals surface area contributed by atoms with Gasteiger partial charge in [-0.2, -0.15) is 10.1 Å². The number of benzene rings is 2. The summed E-state index contributed by atoms with van der Waals surface area (Å²) in [5.74, 6) is 1.49. The molecule has 3 fully saturated rings. The van der Waals surface area contributed by atoms with Crippen LogP contribution in [0.15, 0.2) is 70.3 Å². The van der Waals surface area contributed by atoms with Crippen LogP contribution in [0.5, 0.6) is 5.75 Å². The minimum absolute atomic E-state index is 0.149. The van der Waals surface area contributed by atoms with Crippen LogP contribution in [-0.2, 0) is 16.2 Å². The smallest absolute Gasteiger partial charge is 0.254 e. The molecule has 6 atom stereocenters. The normalized spacial score (nSPS) is 32.5. The van der Waals surface area contributed by atoms with Gasteiger partial charge in [-0.05, 0) is 59.9 Å². The van der Waals surface area contributed by atoms with Gasteiger partial charge in [-0.3, -0.25) is 9.59 Å². The topological polar surface area (TPSA) is 59.0 Å². The SMILES string of the molecule is O=C1[C@@H]2[C@@H]3C=C[C@H]([C@@H]4C[C@H]34)[C@@H]2C(=O)N1/N=C\c1ccccc1OCc1ccc(Br)cc1. The van der Waals surface area contributed by atoms with Crippen LogP contribution in [0.25, 0.3) is 0 Å². The summed E-state index contributed by atoms with van der Waals surface area (Å²) in [5.41, 5.74) is 1.78. The molecule has 2 saturated carbocycles. The van der Waals surface area contributed by atoms with E-state index in [4.69, 9.17) is 4.74 Å². The fraction of sp³-hybridized carbons (Fsp3) is 0.320. The van der Waals surface area contributed by atoms with Crippen LogP contribution in [0, 0.1) is 35.5 Å². The van der Waals surface area contributed by atoms with Gasteiger partial charge in [0.2, 0.25) is 0 Å². The predicted octanol–water partition coefficient (Wildman–Crippen LogP) is 4.42. The Morgan fingerprint density at radius 3 is 2.29 bits per heavy atom. The third-order valence-electron chi connectivity index (χ3n) is 7.18. The Morgan fingerprint density at radius 1 is 0.968 bits per heavy atom. The molecule has 6 heteroatoms. The van der Waals surface area contributed by atoms with Gasteiger partial charge in [0.25, 0.3) is 11.8 Å². The van der Waals surface area contributed by atoms with E-state index >= 15 is 0 Å². The number of hydrazone groups is 1. The van der Waals surface area contributed by atoms with E-state index in [0.717, 1.165) is 27.0 Å². The van der Waals surface area contributed by atoms with E-state index in [0.29, 0.717) is 24.2 Å². The monoisotopic (exact) mass is 476 g/mol. The number of halogens is 1. The number of rotatable bonds is 5. The molecule has 1 aliphatic heterocycles. The van der Waals surface area contributed by atoms with Crippen LogP contribution in [0.2, 0.25) is 0 Å². The lowest BCUT2D eigenvalue weighted by Crippen LogP contribution is -2.40. The molecule has 1 saturated heterocycles. The van der Waals surface area contributed by atoms with Gasteiger partial charge >= 0.3 is 0 Å². The molecule has 0 unspecified atom stereocenters. The molecule has 5 aliphatic rings.